The Morgan fingerprint density at radius 2 is 2.42 bits per heavy atom. The number of ether oxygens (including phenoxy) is 2. The Bertz CT molecular complexity index is 645. The predicted molar refractivity (Wildman–Crippen MR) is 72.9 cm³/mol. The van der Waals surface area contributed by atoms with E-state index in [0.29, 0.717) is 16.6 Å². The highest BCUT2D eigenvalue weighted by Crippen LogP contribution is 2.30. The van der Waals surface area contributed by atoms with Gasteiger partial charge in [-0.2, -0.15) is 4.98 Å². The van der Waals surface area contributed by atoms with E-state index in [1.807, 2.05) is 4.57 Å². The van der Waals surface area contributed by atoms with Crippen LogP contribution in [0.3, 0.4) is 0 Å². The van der Waals surface area contributed by atoms with Crippen molar-refractivity contribution in [2.45, 2.75) is 19.4 Å². The second-order valence-electron chi connectivity index (χ2n) is 4.75. The molecule has 1 aliphatic heterocycles. The second kappa shape index (κ2) is 4.90. The molecule has 0 aromatic carbocycles. The van der Waals surface area contributed by atoms with Crippen molar-refractivity contribution in [2.24, 2.45) is 5.92 Å². The number of nitrogens with zero attached hydrogens (tertiary/aromatic N) is 3. The van der Waals surface area contributed by atoms with Gasteiger partial charge in [0.2, 0.25) is 5.88 Å². The van der Waals surface area contributed by atoms with Crippen LogP contribution >= 0.6 is 12.2 Å². The van der Waals surface area contributed by atoms with Gasteiger partial charge in [0.15, 0.2) is 10.4 Å². The van der Waals surface area contributed by atoms with E-state index in [0.717, 1.165) is 30.8 Å². The van der Waals surface area contributed by atoms with E-state index in [1.54, 1.807) is 7.11 Å². The molecule has 1 aliphatic rings. The van der Waals surface area contributed by atoms with Gasteiger partial charge in [-0.1, -0.05) is 0 Å². The van der Waals surface area contributed by atoms with E-state index in [9.17, 15) is 0 Å². The number of rotatable bonds is 3. The lowest BCUT2D eigenvalue weighted by Gasteiger charge is -2.19. The molecular weight excluding hydrogens is 264 g/mol. The first-order chi connectivity index (χ1) is 9.22. The van der Waals surface area contributed by atoms with Crippen LogP contribution in [0.15, 0.2) is 6.33 Å². The van der Waals surface area contributed by atoms with Crippen LogP contribution in [-0.2, 0) is 4.74 Å². The molecule has 1 saturated heterocycles. The normalized spacial score (nSPS) is 20.8. The largest absolute Gasteiger partial charge is 0.479 e. The topological polar surface area (TPSA) is 65.0 Å². The number of hydrogen-bond acceptors (Lipinski definition) is 5. The highest BCUT2D eigenvalue weighted by molar-refractivity contribution is 7.71. The van der Waals surface area contributed by atoms with E-state index in [1.165, 1.54) is 6.33 Å². The Kier molecular flexibility index (Phi) is 3.24. The fraction of sp³-hybridized carbons (Fsp3) is 0.583. The molecule has 1 N–H and O–H groups in total. The van der Waals surface area contributed by atoms with Gasteiger partial charge < -0.3 is 14.5 Å². The summed E-state index contributed by atoms with van der Waals surface area (Å²) < 4.78 is 13.4. The highest BCUT2D eigenvalue weighted by Gasteiger charge is 2.26. The lowest BCUT2D eigenvalue weighted by atomic mass is 10.0. The van der Waals surface area contributed by atoms with Crippen molar-refractivity contribution in [1.82, 2.24) is 19.5 Å². The maximum atomic E-state index is 5.46. The molecule has 2 aromatic heterocycles. The Morgan fingerprint density at radius 3 is 3.11 bits per heavy atom. The molecule has 7 heteroatoms. The van der Waals surface area contributed by atoms with Crippen molar-refractivity contribution in [3.63, 3.8) is 0 Å². The number of fused-ring (bicyclic) bond motifs is 1. The number of nitrogens with one attached hydrogen (secondary N) is 1. The van der Waals surface area contributed by atoms with E-state index >= 15 is 0 Å². The predicted octanol–water partition coefficient (Wildman–Crippen LogP) is 2.09. The Labute approximate surface area is 115 Å². The summed E-state index contributed by atoms with van der Waals surface area (Å²) in [5.41, 5.74) is 1.54. The van der Waals surface area contributed by atoms with Gasteiger partial charge in [0.05, 0.1) is 13.7 Å². The van der Waals surface area contributed by atoms with Crippen LogP contribution in [0.25, 0.3) is 11.2 Å². The first kappa shape index (κ1) is 12.6. The van der Waals surface area contributed by atoms with Crippen LogP contribution < -0.4 is 4.74 Å². The molecule has 0 bridgehead atoms. The number of H-pyrrole nitrogens is 1. The zero-order valence-corrected chi connectivity index (χ0v) is 11.7. The third-order valence-electron chi connectivity index (χ3n) is 3.72. The summed E-state index contributed by atoms with van der Waals surface area (Å²) in [6.07, 6.45) is 2.55. The molecule has 102 valence electrons. The molecule has 0 spiro atoms. The second-order valence-corrected chi connectivity index (χ2v) is 5.13. The summed E-state index contributed by atoms with van der Waals surface area (Å²) in [7, 11) is 1.59. The molecule has 2 atom stereocenters. The van der Waals surface area contributed by atoms with Gasteiger partial charge in [-0.25, -0.2) is 4.98 Å². The van der Waals surface area contributed by atoms with E-state index in [-0.39, 0.29) is 6.04 Å². The zero-order chi connectivity index (χ0) is 13.4. The van der Waals surface area contributed by atoms with Gasteiger partial charge in [0.25, 0.3) is 0 Å². The zero-order valence-electron chi connectivity index (χ0n) is 10.9. The Balaban J connectivity index is 2.12. The maximum Gasteiger partial charge on any atom is 0.242 e. The number of imidazole rings is 1. The van der Waals surface area contributed by atoms with Crippen LogP contribution in [0.4, 0.5) is 0 Å². The van der Waals surface area contributed by atoms with Crippen LogP contribution in [0.1, 0.15) is 19.4 Å². The number of hydrogen-bond donors (Lipinski definition) is 1. The molecular formula is C12H16N4O2S. The molecule has 0 amide bonds. The minimum Gasteiger partial charge on any atom is -0.479 e. The summed E-state index contributed by atoms with van der Waals surface area (Å²) in [5.74, 6) is 0.983. The monoisotopic (exact) mass is 280 g/mol. The van der Waals surface area contributed by atoms with Crippen LogP contribution in [0.5, 0.6) is 5.88 Å². The van der Waals surface area contributed by atoms with Crippen molar-refractivity contribution in [3.05, 3.63) is 11.1 Å². The fourth-order valence-electron chi connectivity index (χ4n) is 2.59. The number of aromatic amines is 1. The van der Waals surface area contributed by atoms with Gasteiger partial charge in [-0.3, -0.25) is 4.57 Å². The number of aromatic nitrogens is 4. The minimum atomic E-state index is 0.239. The highest BCUT2D eigenvalue weighted by atomic mass is 32.1. The average Bonchev–Trinajstić information content (AvgIpc) is 3.04. The van der Waals surface area contributed by atoms with Crippen molar-refractivity contribution >= 4 is 23.4 Å². The first-order valence-corrected chi connectivity index (χ1v) is 6.70. The van der Waals surface area contributed by atoms with Crippen LogP contribution in [0.2, 0.25) is 0 Å². The molecule has 0 aliphatic carbocycles. The molecule has 3 heterocycles. The van der Waals surface area contributed by atoms with Crippen LogP contribution in [0, 0.1) is 10.7 Å². The molecule has 19 heavy (non-hydrogen) atoms. The molecule has 2 unspecified atom stereocenters. The van der Waals surface area contributed by atoms with Crippen molar-refractivity contribution in [1.29, 1.82) is 0 Å². The molecule has 0 saturated carbocycles. The molecule has 0 radical (unpaired) electrons. The molecule has 3 rings (SSSR count). The third-order valence-corrected chi connectivity index (χ3v) is 4.02. The van der Waals surface area contributed by atoms with Gasteiger partial charge in [-0.05, 0) is 25.6 Å². The Hall–Kier alpha value is -1.47. The SMILES string of the molecule is COc1ncnc2c1[nH]c(=S)n2C(C)C1CCOC1. The fourth-order valence-corrected chi connectivity index (χ4v) is 2.95. The lowest BCUT2D eigenvalue weighted by Crippen LogP contribution is -2.17. The van der Waals surface area contributed by atoms with Gasteiger partial charge in [0.1, 0.15) is 11.8 Å². The number of methoxy groups -OCH3 is 1. The summed E-state index contributed by atoms with van der Waals surface area (Å²) in [6, 6.07) is 0.239. The summed E-state index contributed by atoms with van der Waals surface area (Å²) in [4.78, 5) is 11.6. The lowest BCUT2D eigenvalue weighted by molar-refractivity contribution is 0.175. The molecule has 1 fully saturated rings. The minimum absolute atomic E-state index is 0.239. The smallest absolute Gasteiger partial charge is 0.242 e. The van der Waals surface area contributed by atoms with Crippen molar-refractivity contribution < 1.29 is 9.47 Å². The summed E-state index contributed by atoms with van der Waals surface area (Å²) >= 11 is 5.42. The third kappa shape index (κ3) is 2.02. The van der Waals surface area contributed by atoms with Crippen LogP contribution in [-0.4, -0.2) is 39.8 Å². The van der Waals surface area contributed by atoms with Gasteiger partial charge in [0, 0.05) is 18.6 Å². The maximum absolute atomic E-state index is 5.46. The van der Waals surface area contributed by atoms with E-state index in [2.05, 4.69) is 21.9 Å². The van der Waals surface area contributed by atoms with Crippen molar-refractivity contribution in [3.8, 4) is 5.88 Å². The molecule has 6 nitrogen and oxygen atoms in total. The molecule has 2 aromatic rings. The summed E-state index contributed by atoms with van der Waals surface area (Å²) in [5, 5.41) is 0. The van der Waals surface area contributed by atoms with Crippen molar-refractivity contribution in [2.75, 3.05) is 20.3 Å². The Morgan fingerprint density at radius 1 is 1.58 bits per heavy atom. The summed E-state index contributed by atoms with van der Waals surface area (Å²) in [6.45, 7) is 3.75. The standard InChI is InChI=1S/C12H16N4O2S/c1-7(8-3-4-18-5-8)16-10-9(15-12(16)19)11(17-2)14-6-13-10/h6-8H,3-5H2,1-2H3,(H,15,19). The van der Waals surface area contributed by atoms with E-state index in [4.69, 9.17) is 21.7 Å². The van der Waals surface area contributed by atoms with Gasteiger partial charge in [-0.15, -0.1) is 0 Å². The average molecular weight is 280 g/mol. The first-order valence-electron chi connectivity index (χ1n) is 6.29. The quantitative estimate of drug-likeness (QED) is 0.872. The van der Waals surface area contributed by atoms with Gasteiger partial charge >= 0.3 is 0 Å². The van der Waals surface area contributed by atoms with E-state index < -0.39 is 0 Å².